The van der Waals surface area contributed by atoms with Crippen molar-refractivity contribution in [2.24, 2.45) is 0 Å². The summed E-state index contributed by atoms with van der Waals surface area (Å²) in [5, 5.41) is 0. The summed E-state index contributed by atoms with van der Waals surface area (Å²) in [6.07, 6.45) is 0. The van der Waals surface area contributed by atoms with Gasteiger partial charge in [-0.3, -0.25) is 0 Å². The average Bonchev–Trinajstić information content (AvgIpc) is 2.61. The van der Waals surface area contributed by atoms with E-state index in [1.165, 1.54) is 24.0 Å². The maximum atomic E-state index is 3.54. The lowest BCUT2D eigenvalue weighted by Crippen LogP contribution is -1.56. The van der Waals surface area contributed by atoms with E-state index in [9.17, 15) is 0 Å². The highest BCUT2D eigenvalue weighted by Crippen LogP contribution is 2.37. The summed E-state index contributed by atoms with van der Waals surface area (Å²) in [6, 6.07) is 6.56. The van der Waals surface area contributed by atoms with E-state index in [2.05, 4.69) is 48.0 Å². The van der Waals surface area contributed by atoms with E-state index >= 15 is 0 Å². The molecule has 2 heterocycles. The molecular weight excluding hydrogens is 264 g/mol. The zero-order valence-electron chi connectivity index (χ0n) is 7.43. The van der Waals surface area contributed by atoms with Gasteiger partial charge in [-0.1, -0.05) is 0 Å². The molecule has 2 rings (SSSR count). The first kappa shape index (κ1) is 9.44. The molecule has 2 aromatic heterocycles. The van der Waals surface area contributed by atoms with E-state index < -0.39 is 0 Å². The highest BCUT2D eigenvalue weighted by Gasteiger charge is 2.06. The van der Waals surface area contributed by atoms with Crippen molar-refractivity contribution in [1.82, 2.24) is 0 Å². The third-order valence-corrected chi connectivity index (χ3v) is 5.17. The summed E-state index contributed by atoms with van der Waals surface area (Å²) >= 11 is 7.23. The Hall–Kier alpha value is -0.120. The van der Waals surface area contributed by atoms with Crippen molar-refractivity contribution in [2.45, 2.75) is 13.8 Å². The third-order valence-electron chi connectivity index (χ3n) is 1.84. The van der Waals surface area contributed by atoms with Crippen LogP contribution in [0.3, 0.4) is 0 Å². The smallest absolute Gasteiger partial charge is 0.0457 e. The minimum absolute atomic E-state index is 1.22. The Morgan fingerprint density at radius 2 is 1.85 bits per heavy atom. The van der Waals surface area contributed by atoms with Crippen LogP contribution in [-0.4, -0.2) is 0 Å². The van der Waals surface area contributed by atoms with E-state index in [1.807, 2.05) is 22.7 Å². The number of aryl methyl sites for hydroxylation is 2. The van der Waals surface area contributed by atoms with Gasteiger partial charge in [-0.15, -0.1) is 22.7 Å². The molecule has 13 heavy (non-hydrogen) atoms. The minimum Gasteiger partial charge on any atom is -0.140 e. The molecule has 0 saturated carbocycles. The maximum absolute atomic E-state index is 3.54. The summed E-state index contributed by atoms with van der Waals surface area (Å²) in [4.78, 5) is 5.46. The second-order valence-electron chi connectivity index (χ2n) is 2.93. The Labute approximate surface area is 94.4 Å². The minimum atomic E-state index is 1.22. The maximum Gasteiger partial charge on any atom is 0.0457 e. The third kappa shape index (κ3) is 1.87. The molecule has 0 unspecified atom stereocenters. The summed E-state index contributed by atoms with van der Waals surface area (Å²) in [5.41, 5.74) is 0. The Morgan fingerprint density at radius 3 is 2.31 bits per heavy atom. The average molecular weight is 273 g/mol. The van der Waals surface area contributed by atoms with Crippen molar-refractivity contribution < 1.29 is 0 Å². The molecule has 68 valence electrons. The molecule has 0 aliphatic rings. The first-order valence-electron chi connectivity index (χ1n) is 3.99. The van der Waals surface area contributed by atoms with Crippen LogP contribution in [0.1, 0.15) is 9.75 Å². The van der Waals surface area contributed by atoms with Gasteiger partial charge in [-0.2, -0.15) is 0 Å². The first-order valence-corrected chi connectivity index (χ1v) is 6.42. The zero-order chi connectivity index (χ0) is 9.42. The highest BCUT2D eigenvalue weighted by atomic mass is 79.9. The number of rotatable bonds is 1. The molecule has 0 nitrogen and oxygen atoms in total. The quantitative estimate of drug-likeness (QED) is 0.696. The summed E-state index contributed by atoms with van der Waals surface area (Å²) in [6.45, 7) is 4.28. The van der Waals surface area contributed by atoms with Crippen LogP contribution in [0.2, 0.25) is 0 Å². The molecule has 0 fully saturated rings. The van der Waals surface area contributed by atoms with E-state index in [0.717, 1.165) is 0 Å². The van der Waals surface area contributed by atoms with E-state index in [0.29, 0.717) is 0 Å². The predicted molar refractivity (Wildman–Crippen MR) is 64.8 cm³/mol. The van der Waals surface area contributed by atoms with Crippen molar-refractivity contribution >= 4 is 38.6 Å². The molecule has 0 N–H and O–H groups in total. The van der Waals surface area contributed by atoms with Gasteiger partial charge in [0.05, 0.1) is 0 Å². The summed E-state index contributed by atoms with van der Waals surface area (Å²) in [7, 11) is 0. The first-order chi connectivity index (χ1) is 6.16. The van der Waals surface area contributed by atoms with Crippen molar-refractivity contribution in [1.29, 1.82) is 0 Å². The van der Waals surface area contributed by atoms with Crippen LogP contribution in [0.25, 0.3) is 9.75 Å². The SMILES string of the molecule is Cc1ccc(-c2cc(Br)c(C)s2)s1. The Bertz CT molecular complexity index is 406. The molecule has 0 aliphatic heterocycles. The molecule has 2 aromatic rings. The molecule has 0 spiro atoms. The summed E-state index contributed by atoms with van der Waals surface area (Å²) < 4.78 is 1.22. The van der Waals surface area contributed by atoms with Gasteiger partial charge in [0.2, 0.25) is 0 Å². The van der Waals surface area contributed by atoms with Crippen LogP contribution in [0.15, 0.2) is 22.7 Å². The molecule has 3 heteroatoms. The normalized spacial score (nSPS) is 10.7. The molecular formula is C10H9BrS2. The molecule has 0 radical (unpaired) electrons. The van der Waals surface area contributed by atoms with Crippen molar-refractivity contribution in [3.63, 3.8) is 0 Å². The van der Waals surface area contributed by atoms with Crippen molar-refractivity contribution in [2.75, 3.05) is 0 Å². The lowest BCUT2D eigenvalue weighted by molar-refractivity contribution is 1.59. The standard InChI is InChI=1S/C10H9BrS2/c1-6-3-4-9(12-6)10-5-8(11)7(2)13-10/h3-5H,1-2H3. The monoisotopic (exact) mass is 272 g/mol. The van der Waals surface area contributed by atoms with Gasteiger partial charge in [0.1, 0.15) is 0 Å². The fourth-order valence-corrected chi connectivity index (χ4v) is 3.63. The molecule has 0 amide bonds. The lowest BCUT2D eigenvalue weighted by atomic mass is 10.3. The topological polar surface area (TPSA) is 0 Å². The molecule has 0 saturated heterocycles. The van der Waals surface area contributed by atoms with Gasteiger partial charge in [-0.25, -0.2) is 0 Å². The summed E-state index contributed by atoms with van der Waals surface area (Å²) in [5.74, 6) is 0. The Morgan fingerprint density at radius 1 is 1.08 bits per heavy atom. The van der Waals surface area contributed by atoms with Crippen LogP contribution in [0, 0.1) is 13.8 Å². The van der Waals surface area contributed by atoms with Gasteiger partial charge in [0.15, 0.2) is 0 Å². The second-order valence-corrected chi connectivity index (χ2v) is 6.32. The van der Waals surface area contributed by atoms with Gasteiger partial charge in [-0.05, 0) is 48.0 Å². The van der Waals surface area contributed by atoms with Crippen LogP contribution < -0.4 is 0 Å². The largest absolute Gasteiger partial charge is 0.140 e. The lowest BCUT2D eigenvalue weighted by Gasteiger charge is -1.86. The predicted octanol–water partition coefficient (Wildman–Crippen LogP) is 4.86. The van der Waals surface area contributed by atoms with Gasteiger partial charge >= 0.3 is 0 Å². The highest BCUT2D eigenvalue weighted by molar-refractivity contribution is 9.10. The fourth-order valence-electron chi connectivity index (χ4n) is 1.15. The van der Waals surface area contributed by atoms with Crippen molar-refractivity contribution in [3.8, 4) is 9.75 Å². The Kier molecular flexibility index (Phi) is 2.58. The van der Waals surface area contributed by atoms with E-state index in [4.69, 9.17) is 0 Å². The van der Waals surface area contributed by atoms with Crippen LogP contribution in [0.4, 0.5) is 0 Å². The van der Waals surface area contributed by atoms with Gasteiger partial charge in [0, 0.05) is 24.0 Å². The number of halogens is 1. The molecule has 0 bridgehead atoms. The van der Waals surface area contributed by atoms with E-state index in [-0.39, 0.29) is 0 Å². The zero-order valence-corrected chi connectivity index (χ0v) is 10.6. The number of hydrogen-bond acceptors (Lipinski definition) is 2. The van der Waals surface area contributed by atoms with Gasteiger partial charge in [0.25, 0.3) is 0 Å². The van der Waals surface area contributed by atoms with Gasteiger partial charge < -0.3 is 0 Å². The Balaban J connectivity index is 2.46. The molecule has 0 aromatic carbocycles. The van der Waals surface area contributed by atoms with Crippen LogP contribution in [-0.2, 0) is 0 Å². The number of thiophene rings is 2. The van der Waals surface area contributed by atoms with Crippen LogP contribution in [0.5, 0.6) is 0 Å². The van der Waals surface area contributed by atoms with Crippen molar-refractivity contribution in [3.05, 3.63) is 32.4 Å². The van der Waals surface area contributed by atoms with Crippen LogP contribution >= 0.6 is 38.6 Å². The fraction of sp³-hybridized carbons (Fsp3) is 0.200. The molecule has 0 atom stereocenters. The molecule has 0 aliphatic carbocycles. The van der Waals surface area contributed by atoms with E-state index in [1.54, 1.807) is 0 Å². The number of hydrogen-bond donors (Lipinski definition) is 0. The second kappa shape index (κ2) is 3.56.